The van der Waals surface area contributed by atoms with Gasteiger partial charge in [0.1, 0.15) is 5.75 Å². The summed E-state index contributed by atoms with van der Waals surface area (Å²) in [6.07, 6.45) is 0. The lowest BCUT2D eigenvalue weighted by Gasteiger charge is -2.12. The van der Waals surface area contributed by atoms with Crippen LogP contribution in [0.1, 0.15) is 22.3 Å². The number of hydrogen-bond donors (Lipinski definition) is 1. The van der Waals surface area contributed by atoms with Crippen LogP contribution in [0.15, 0.2) is 60.7 Å². The number of aromatic nitrogens is 3. The van der Waals surface area contributed by atoms with Crippen molar-refractivity contribution in [3.63, 3.8) is 0 Å². The van der Waals surface area contributed by atoms with Crippen molar-refractivity contribution in [1.29, 1.82) is 0 Å². The summed E-state index contributed by atoms with van der Waals surface area (Å²) in [4.78, 5) is 14.4. The van der Waals surface area contributed by atoms with Gasteiger partial charge in [0.2, 0.25) is 0 Å². The zero-order valence-electron chi connectivity index (χ0n) is 17.1. The fraction of sp³-hybridized carbons (Fsp3) is 0.160. The molecule has 0 spiro atoms. The molecule has 4 aromatic rings. The van der Waals surface area contributed by atoms with Crippen LogP contribution in [0.3, 0.4) is 0 Å². The SMILES string of the molecule is Cc1ccc(-c2nc(-c3ccc(O)cc3)nc(-c3ccc(C)cc3C)n2)c(C)c1. The number of aromatic hydroxyl groups is 1. The van der Waals surface area contributed by atoms with Crippen molar-refractivity contribution in [2.75, 3.05) is 0 Å². The summed E-state index contributed by atoms with van der Waals surface area (Å²) in [5.41, 5.74) is 7.47. The van der Waals surface area contributed by atoms with E-state index in [4.69, 9.17) is 15.0 Å². The maximum atomic E-state index is 9.64. The molecule has 0 aliphatic carbocycles. The van der Waals surface area contributed by atoms with Crippen molar-refractivity contribution in [2.24, 2.45) is 0 Å². The first kappa shape index (κ1) is 18.8. The monoisotopic (exact) mass is 381 g/mol. The molecule has 1 heterocycles. The molecule has 1 N–H and O–H groups in total. The van der Waals surface area contributed by atoms with E-state index in [2.05, 4.69) is 64.1 Å². The zero-order chi connectivity index (χ0) is 20.5. The van der Waals surface area contributed by atoms with Crippen molar-refractivity contribution in [3.05, 3.63) is 82.9 Å². The second-order valence-corrected chi connectivity index (χ2v) is 7.49. The van der Waals surface area contributed by atoms with Crippen LogP contribution in [0.4, 0.5) is 0 Å². The Morgan fingerprint density at radius 2 is 1.00 bits per heavy atom. The molecule has 0 radical (unpaired) electrons. The molecule has 4 heteroatoms. The van der Waals surface area contributed by atoms with Gasteiger partial charge in [-0.25, -0.2) is 15.0 Å². The van der Waals surface area contributed by atoms with E-state index in [1.165, 1.54) is 11.1 Å². The fourth-order valence-electron chi connectivity index (χ4n) is 3.49. The summed E-state index contributed by atoms with van der Waals surface area (Å²) in [6.45, 7) is 8.30. The lowest BCUT2D eigenvalue weighted by atomic mass is 10.0. The Balaban J connectivity index is 1.95. The quantitative estimate of drug-likeness (QED) is 0.486. The van der Waals surface area contributed by atoms with Gasteiger partial charge in [-0.3, -0.25) is 0 Å². The van der Waals surface area contributed by atoms with Gasteiger partial charge in [-0.05, 0) is 63.1 Å². The first-order valence-electron chi connectivity index (χ1n) is 9.61. The number of nitrogens with zero attached hydrogens (tertiary/aromatic N) is 3. The topological polar surface area (TPSA) is 58.9 Å². The molecule has 0 bridgehead atoms. The first-order chi connectivity index (χ1) is 13.9. The molecule has 1 aromatic heterocycles. The third kappa shape index (κ3) is 3.87. The third-order valence-corrected chi connectivity index (χ3v) is 5.01. The van der Waals surface area contributed by atoms with Crippen molar-refractivity contribution in [3.8, 4) is 39.9 Å². The highest BCUT2D eigenvalue weighted by atomic mass is 16.3. The molecule has 0 amide bonds. The van der Waals surface area contributed by atoms with Gasteiger partial charge in [0, 0.05) is 16.7 Å². The van der Waals surface area contributed by atoms with Crippen molar-refractivity contribution < 1.29 is 5.11 Å². The van der Waals surface area contributed by atoms with E-state index in [1.54, 1.807) is 12.1 Å². The molecule has 0 atom stereocenters. The minimum Gasteiger partial charge on any atom is -0.508 e. The molecule has 3 aromatic carbocycles. The summed E-state index contributed by atoms with van der Waals surface area (Å²) in [5.74, 6) is 2.10. The molecule has 0 aliphatic heterocycles. The molecule has 0 saturated carbocycles. The van der Waals surface area contributed by atoms with Crippen molar-refractivity contribution in [1.82, 2.24) is 15.0 Å². The van der Waals surface area contributed by atoms with Crippen molar-refractivity contribution >= 4 is 0 Å². The first-order valence-corrected chi connectivity index (χ1v) is 9.61. The van der Waals surface area contributed by atoms with E-state index >= 15 is 0 Å². The molecule has 0 unspecified atom stereocenters. The normalized spacial score (nSPS) is 10.9. The third-order valence-electron chi connectivity index (χ3n) is 5.01. The van der Waals surface area contributed by atoms with Crippen LogP contribution in [-0.4, -0.2) is 20.1 Å². The number of benzene rings is 3. The summed E-state index contributed by atoms with van der Waals surface area (Å²) in [5, 5.41) is 9.64. The van der Waals surface area contributed by atoms with Crippen LogP contribution < -0.4 is 0 Å². The van der Waals surface area contributed by atoms with Crippen LogP contribution in [0, 0.1) is 27.7 Å². The standard InChI is InChI=1S/C25H23N3O/c1-15-5-11-21(17(3)13-15)24-26-23(19-7-9-20(29)10-8-19)27-25(28-24)22-12-6-16(2)14-18(22)4/h5-14,29H,1-4H3. The Morgan fingerprint density at radius 3 is 1.45 bits per heavy atom. The summed E-state index contributed by atoms with van der Waals surface area (Å²) in [7, 11) is 0. The predicted molar refractivity (Wildman–Crippen MR) is 117 cm³/mol. The Labute approximate surface area is 171 Å². The van der Waals surface area contributed by atoms with Gasteiger partial charge in [0.15, 0.2) is 17.5 Å². The average molecular weight is 381 g/mol. The number of phenolic OH excluding ortho intramolecular Hbond substituents is 1. The number of aryl methyl sites for hydroxylation is 4. The molecule has 29 heavy (non-hydrogen) atoms. The Hall–Kier alpha value is -3.53. The second-order valence-electron chi connectivity index (χ2n) is 7.49. The Bertz CT molecular complexity index is 1130. The van der Waals surface area contributed by atoms with Crippen LogP contribution >= 0.6 is 0 Å². The largest absolute Gasteiger partial charge is 0.508 e. The van der Waals surface area contributed by atoms with E-state index in [0.29, 0.717) is 17.5 Å². The van der Waals surface area contributed by atoms with Gasteiger partial charge in [0.25, 0.3) is 0 Å². The summed E-state index contributed by atoms with van der Waals surface area (Å²) in [6, 6.07) is 19.5. The lowest BCUT2D eigenvalue weighted by molar-refractivity contribution is 0.475. The van der Waals surface area contributed by atoms with Crippen LogP contribution in [0.25, 0.3) is 34.2 Å². The maximum Gasteiger partial charge on any atom is 0.164 e. The van der Waals surface area contributed by atoms with Gasteiger partial charge in [-0.2, -0.15) is 0 Å². The van der Waals surface area contributed by atoms with Gasteiger partial charge in [-0.15, -0.1) is 0 Å². The van der Waals surface area contributed by atoms with E-state index in [9.17, 15) is 5.11 Å². The van der Waals surface area contributed by atoms with Gasteiger partial charge < -0.3 is 5.11 Å². The van der Waals surface area contributed by atoms with Gasteiger partial charge >= 0.3 is 0 Å². The lowest BCUT2D eigenvalue weighted by Crippen LogP contribution is -2.02. The van der Waals surface area contributed by atoms with Gasteiger partial charge in [-0.1, -0.05) is 47.5 Å². The van der Waals surface area contributed by atoms with Gasteiger partial charge in [0.05, 0.1) is 0 Å². The fourth-order valence-corrected chi connectivity index (χ4v) is 3.49. The summed E-state index contributed by atoms with van der Waals surface area (Å²) >= 11 is 0. The molecular formula is C25H23N3O. The molecular weight excluding hydrogens is 358 g/mol. The van der Waals surface area contributed by atoms with E-state index < -0.39 is 0 Å². The summed E-state index contributed by atoms with van der Waals surface area (Å²) < 4.78 is 0. The Kier molecular flexibility index (Phi) is 4.85. The number of phenols is 1. The van der Waals surface area contributed by atoms with E-state index in [0.717, 1.165) is 27.8 Å². The van der Waals surface area contributed by atoms with Crippen molar-refractivity contribution in [2.45, 2.75) is 27.7 Å². The molecule has 0 aliphatic rings. The van der Waals surface area contributed by atoms with Crippen LogP contribution in [0.5, 0.6) is 5.75 Å². The molecule has 4 rings (SSSR count). The Morgan fingerprint density at radius 1 is 0.552 bits per heavy atom. The van der Waals surface area contributed by atoms with Crippen LogP contribution in [-0.2, 0) is 0 Å². The van der Waals surface area contributed by atoms with Crippen LogP contribution in [0.2, 0.25) is 0 Å². The molecule has 0 saturated heterocycles. The average Bonchev–Trinajstić information content (AvgIpc) is 2.68. The highest BCUT2D eigenvalue weighted by Gasteiger charge is 2.15. The number of hydrogen-bond acceptors (Lipinski definition) is 4. The maximum absolute atomic E-state index is 9.64. The minimum absolute atomic E-state index is 0.215. The van der Waals surface area contributed by atoms with E-state index in [1.807, 2.05) is 12.1 Å². The zero-order valence-corrected chi connectivity index (χ0v) is 17.1. The number of rotatable bonds is 3. The molecule has 144 valence electrons. The smallest absolute Gasteiger partial charge is 0.164 e. The highest BCUT2D eigenvalue weighted by Crippen LogP contribution is 2.29. The minimum atomic E-state index is 0.215. The second kappa shape index (κ2) is 7.47. The predicted octanol–water partition coefficient (Wildman–Crippen LogP) is 5.81. The highest BCUT2D eigenvalue weighted by molar-refractivity contribution is 5.69. The molecule has 4 nitrogen and oxygen atoms in total. The molecule has 0 fully saturated rings. The van der Waals surface area contributed by atoms with E-state index in [-0.39, 0.29) is 5.75 Å².